The van der Waals surface area contributed by atoms with Crippen LogP contribution in [0, 0.1) is 0 Å². The molecule has 1 aromatic rings. The maximum absolute atomic E-state index is 12.5. The Kier molecular flexibility index (Phi) is 3.15. The lowest BCUT2D eigenvalue weighted by atomic mass is 9.95. The lowest BCUT2D eigenvalue weighted by Crippen LogP contribution is -2.09. The van der Waals surface area contributed by atoms with Gasteiger partial charge in [0.1, 0.15) is 0 Å². The van der Waals surface area contributed by atoms with E-state index in [1.165, 1.54) is 12.1 Å². The standard InChI is InChI=1S/C12H12ClF3/c13-11-6-2-5-10(11)8-3-1-4-9(7-8)12(14,15)16/h1,3-4,7,10-11H,2,5-6H2. The third-order valence-electron chi connectivity index (χ3n) is 3.07. The number of alkyl halides is 4. The minimum Gasteiger partial charge on any atom is -0.166 e. The van der Waals surface area contributed by atoms with E-state index in [-0.39, 0.29) is 11.3 Å². The molecule has 0 saturated heterocycles. The lowest BCUT2D eigenvalue weighted by molar-refractivity contribution is -0.137. The van der Waals surface area contributed by atoms with Crippen molar-refractivity contribution < 1.29 is 13.2 Å². The summed E-state index contributed by atoms with van der Waals surface area (Å²) in [6.07, 6.45) is -1.50. The molecule has 1 saturated carbocycles. The number of rotatable bonds is 1. The zero-order valence-corrected chi connectivity index (χ0v) is 9.35. The molecule has 1 aliphatic carbocycles. The molecule has 0 amide bonds. The van der Waals surface area contributed by atoms with Crippen LogP contribution in [0.5, 0.6) is 0 Å². The molecule has 2 unspecified atom stereocenters. The molecule has 1 aliphatic rings. The van der Waals surface area contributed by atoms with Gasteiger partial charge in [-0.3, -0.25) is 0 Å². The maximum atomic E-state index is 12.5. The summed E-state index contributed by atoms with van der Waals surface area (Å²) in [5.74, 6) is 0.0731. The number of hydrogen-bond acceptors (Lipinski definition) is 0. The van der Waals surface area contributed by atoms with Gasteiger partial charge in [0.15, 0.2) is 0 Å². The van der Waals surface area contributed by atoms with Crippen molar-refractivity contribution in [2.24, 2.45) is 0 Å². The van der Waals surface area contributed by atoms with Crippen LogP contribution in [0.4, 0.5) is 13.2 Å². The molecule has 1 fully saturated rings. The molecule has 0 heterocycles. The Hall–Kier alpha value is -0.700. The lowest BCUT2D eigenvalue weighted by Gasteiger charge is -2.16. The van der Waals surface area contributed by atoms with Crippen LogP contribution in [-0.2, 0) is 6.18 Å². The van der Waals surface area contributed by atoms with Crippen molar-refractivity contribution in [3.63, 3.8) is 0 Å². The molecule has 0 nitrogen and oxygen atoms in total. The maximum Gasteiger partial charge on any atom is 0.416 e. The van der Waals surface area contributed by atoms with E-state index in [0.717, 1.165) is 25.3 Å². The SMILES string of the molecule is FC(F)(F)c1cccc(C2CCCC2Cl)c1. The molecular formula is C12H12ClF3. The zero-order valence-electron chi connectivity index (χ0n) is 8.60. The van der Waals surface area contributed by atoms with Crippen LogP contribution in [0.25, 0.3) is 0 Å². The number of hydrogen-bond donors (Lipinski definition) is 0. The van der Waals surface area contributed by atoms with Crippen LogP contribution in [0.2, 0.25) is 0 Å². The topological polar surface area (TPSA) is 0 Å². The normalized spacial score (nSPS) is 26.0. The largest absolute Gasteiger partial charge is 0.416 e. The van der Waals surface area contributed by atoms with Crippen molar-refractivity contribution in [2.45, 2.75) is 36.7 Å². The van der Waals surface area contributed by atoms with Crippen LogP contribution in [-0.4, -0.2) is 5.38 Å². The van der Waals surface area contributed by atoms with Gasteiger partial charge in [0.25, 0.3) is 0 Å². The molecule has 2 rings (SSSR count). The van der Waals surface area contributed by atoms with Gasteiger partial charge >= 0.3 is 6.18 Å². The second kappa shape index (κ2) is 4.28. The summed E-state index contributed by atoms with van der Waals surface area (Å²) in [5.41, 5.74) is 0.132. The van der Waals surface area contributed by atoms with Crippen LogP contribution < -0.4 is 0 Å². The van der Waals surface area contributed by atoms with Crippen molar-refractivity contribution in [3.05, 3.63) is 35.4 Å². The molecule has 2 atom stereocenters. The van der Waals surface area contributed by atoms with Gasteiger partial charge in [-0.05, 0) is 24.5 Å². The molecule has 0 bridgehead atoms. The summed E-state index contributed by atoms with van der Waals surface area (Å²) >= 11 is 6.10. The van der Waals surface area contributed by atoms with Crippen LogP contribution in [0.3, 0.4) is 0 Å². The fraction of sp³-hybridized carbons (Fsp3) is 0.500. The van der Waals surface area contributed by atoms with Gasteiger partial charge in [-0.25, -0.2) is 0 Å². The highest BCUT2D eigenvalue weighted by Crippen LogP contribution is 2.39. The Bertz CT molecular complexity index is 373. The molecule has 0 N–H and O–H groups in total. The van der Waals surface area contributed by atoms with Crippen LogP contribution in [0.15, 0.2) is 24.3 Å². The van der Waals surface area contributed by atoms with Crippen molar-refractivity contribution in [2.75, 3.05) is 0 Å². The summed E-state index contributed by atoms with van der Waals surface area (Å²) in [5, 5.41) is -0.0246. The minimum atomic E-state index is -4.27. The second-order valence-electron chi connectivity index (χ2n) is 4.18. The fourth-order valence-corrected chi connectivity index (χ4v) is 2.66. The van der Waals surface area contributed by atoms with Crippen LogP contribution in [0.1, 0.15) is 36.3 Å². The first-order valence-electron chi connectivity index (χ1n) is 5.30. The summed E-state index contributed by atoms with van der Waals surface area (Å²) in [7, 11) is 0. The highest BCUT2D eigenvalue weighted by molar-refractivity contribution is 6.21. The monoisotopic (exact) mass is 248 g/mol. The van der Waals surface area contributed by atoms with E-state index in [4.69, 9.17) is 11.6 Å². The molecular weight excluding hydrogens is 237 g/mol. The summed E-state index contributed by atoms with van der Waals surface area (Å²) in [6, 6.07) is 5.52. The smallest absolute Gasteiger partial charge is 0.166 e. The summed E-state index contributed by atoms with van der Waals surface area (Å²) in [4.78, 5) is 0. The third-order valence-corrected chi connectivity index (χ3v) is 3.60. The van der Waals surface area contributed by atoms with E-state index >= 15 is 0 Å². The molecule has 4 heteroatoms. The van der Waals surface area contributed by atoms with Crippen molar-refractivity contribution in [3.8, 4) is 0 Å². The molecule has 1 aromatic carbocycles. The van der Waals surface area contributed by atoms with E-state index in [2.05, 4.69) is 0 Å². The van der Waals surface area contributed by atoms with Crippen LogP contribution >= 0.6 is 11.6 Å². The van der Waals surface area contributed by atoms with Crippen molar-refractivity contribution in [1.82, 2.24) is 0 Å². The molecule has 0 aliphatic heterocycles. The van der Waals surface area contributed by atoms with Gasteiger partial charge in [0.05, 0.1) is 5.56 Å². The highest BCUT2D eigenvalue weighted by Gasteiger charge is 2.32. The first kappa shape index (κ1) is 11.8. The highest BCUT2D eigenvalue weighted by atomic mass is 35.5. The van der Waals surface area contributed by atoms with Gasteiger partial charge in [0.2, 0.25) is 0 Å². The van der Waals surface area contributed by atoms with Gasteiger partial charge in [-0.2, -0.15) is 13.2 Å². The first-order chi connectivity index (χ1) is 7.48. The van der Waals surface area contributed by atoms with Crippen molar-refractivity contribution >= 4 is 11.6 Å². The van der Waals surface area contributed by atoms with E-state index in [1.807, 2.05) is 0 Å². The van der Waals surface area contributed by atoms with Crippen molar-refractivity contribution in [1.29, 1.82) is 0 Å². The van der Waals surface area contributed by atoms with E-state index in [1.54, 1.807) is 6.07 Å². The number of halogens is 4. The average Bonchev–Trinajstić information content (AvgIpc) is 2.63. The Morgan fingerprint density at radius 3 is 2.50 bits per heavy atom. The Balaban J connectivity index is 2.29. The first-order valence-corrected chi connectivity index (χ1v) is 5.73. The second-order valence-corrected chi connectivity index (χ2v) is 4.74. The quantitative estimate of drug-likeness (QED) is 0.638. The van der Waals surface area contributed by atoms with Gasteiger partial charge in [-0.1, -0.05) is 24.6 Å². The predicted molar refractivity (Wildman–Crippen MR) is 57.7 cm³/mol. The fourth-order valence-electron chi connectivity index (χ4n) is 2.24. The minimum absolute atomic E-state index is 0.0246. The van der Waals surface area contributed by atoms with Gasteiger partial charge in [0, 0.05) is 11.3 Å². The Labute approximate surface area is 97.4 Å². The summed E-state index contributed by atoms with van der Waals surface area (Å²) in [6.45, 7) is 0. The average molecular weight is 249 g/mol. The molecule has 0 spiro atoms. The molecule has 0 radical (unpaired) electrons. The van der Waals surface area contributed by atoms with E-state index in [0.29, 0.717) is 5.56 Å². The zero-order chi connectivity index (χ0) is 11.8. The Morgan fingerprint density at radius 2 is 1.94 bits per heavy atom. The van der Waals surface area contributed by atoms with E-state index in [9.17, 15) is 13.2 Å². The molecule has 88 valence electrons. The summed E-state index contributed by atoms with van der Waals surface area (Å²) < 4.78 is 37.6. The number of benzene rings is 1. The molecule has 16 heavy (non-hydrogen) atoms. The predicted octanol–water partition coefficient (Wildman–Crippen LogP) is 4.58. The van der Waals surface area contributed by atoms with E-state index < -0.39 is 11.7 Å². The van der Waals surface area contributed by atoms with Gasteiger partial charge in [-0.15, -0.1) is 11.6 Å². The van der Waals surface area contributed by atoms with Gasteiger partial charge < -0.3 is 0 Å². The third kappa shape index (κ3) is 2.34. The molecule has 0 aromatic heterocycles. The Morgan fingerprint density at radius 1 is 1.19 bits per heavy atom.